The van der Waals surface area contributed by atoms with Crippen LogP contribution in [-0.2, 0) is 6.54 Å². The highest BCUT2D eigenvalue weighted by atomic mass is 32.1. The summed E-state index contributed by atoms with van der Waals surface area (Å²) >= 11 is 5.09. The molecule has 1 atom stereocenters. The number of hydrogen-bond acceptors (Lipinski definition) is 4. The van der Waals surface area contributed by atoms with E-state index < -0.39 is 0 Å². The first-order valence-electron chi connectivity index (χ1n) is 6.05. The van der Waals surface area contributed by atoms with E-state index in [9.17, 15) is 0 Å². The number of imidazole rings is 1. The third kappa shape index (κ3) is 3.29. The molecule has 6 heteroatoms. The Morgan fingerprint density at radius 2 is 2.32 bits per heavy atom. The number of nitrogens with one attached hydrogen (secondary N) is 1. The summed E-state index contributed by atoms with van der Waals surface area (Å²) < 4.78 is 2.01. The van der Waals surface area contributed by atoms with Crippen molar-refractivity contribution in [2.45, 2.75) is 26.4 Å². The van der Waals surface area contributed by atoms with E-state index >= 15 is 0 Å². The van der Waals surface area contributed by atoms with Crippen LogP contribution in [0, 0.1) is 6.92 Å². The molecule has 3 N–H and O–H groups in total. The van der Waals surface area contributed by atoms with Gasteiger partial charge in [-0.3, -0.25) is 0 Å². The fraction of sp³-hybridized carbons (Fsp3) is 0.308. The number of anilines is 1. The fourth-order valence-corrected chi connectivity index (χ4v) is 2.23. The molecule has 19 heavy (non-hydrogen) atoms. The average Bonchev–Trinajstić information content (AvgIpc) is 2.81. The summed E-state index contributed by atoms with van der Waals surface area (Å²) in [5, 5.41) is 3.34. The van der Waals surface area contributed by atoms with Crippen molar-refractivity contribution in [3.05, 3.63) is 42.1 Å². The molecule has 100 valence electrons. The first kappa shape index (κ1) is 13.5. The summed E-state index contributed by atoms with van der Waals surface area (Å²) in [6, 6.07) is 2.09. The van der Waals surface area contributed by atoms with Crippen LogP contribution in [0.25, 0.3) is 0 Å². The minimum absolute atomic E-state index is 0.191. The van der Waals surface area contributed by atoms with Gasteiger partial charge in [-0.25, -0.2) is 9.97 Å². The number of hydrogen-bond donors (Lipinski definition) is 2. The Bertz CT molecular complexity index is 564. The van der Waals surface area contributed by atoms with Crippen LogP contribution in [-0.4, -0.2) is 25.6 Å². The molecule has 1 unspecified atom stereocenters. The van der Waals surface area contributed by atoms with Gasteiger partial charge in [-0.15, -0.1) is 0 Å². The standard InChI is InChI=1S/C13H17N5S/c1-9-3-4-16-13(11(9)12(14)19)17-10(2)7-18-6-5-15-8-18/h3-6,8,10H,7H2,1-2H3,(H2,14,19)(H,16,17). The largest absolute Gasteiger partial charge is 0.389 e. The van der Waals surface area contributed by atoms with E-state index in [1.54, 1.807) is 18.7 Å². The van der Waals surface area contributed by atoms with Gasteiger partial charge in [0.15, 0.2) is 0 Å². The SMILES string of the molecule is Cc1ccnc(NC(C)Cn2ccnc2)c1C(N)=S. The van der Waals surface area contributed by atoms with E-state index in [2.05, 4.69) is 22.2 Å². The van der Waals surface area contributed by atoms with Crippen LogP contribution in [0.15, 0.2) is 31.0 Å². The molecular weight excluding hydrogens is 258 g/mol. The van der Waals surface area contributed by atoms with Crippen molar-refractivity contribution in [1.82, 2.24) is 14.5 Å². The third-order valence-electron chi connectivity index (χ3n) is 2.83. The molecule has 2 heterocycles. The molecule has 0 aliphatic carbocycles. The van der Waals surface area contributed by atoms with E-state index in [4.69, 9.17) is 18.0 Å². The van der Waals surface area contributed by atoms with Gasteiger partial charge in [-0.2, -0.15) is 0 Å². The first-order chi connectivity index (χ1) is 9.08. The zero-order valence-electron chi connectivity index (χ0n) is 11.0. The lowest BCUT2D eigenvalue weighted by molar-refractivity contribution is 0.617. The van der Waals surface area contributed by atoms with Gasteiger partial charge >= 0.3 is 0 Å². The lowest BCUT2D eigenvalue weighted by Gasteiger charge is -2.18. The van der Waals surface area contributed by atoms with E-state index in [-0.39, 0.29) is 6.04 Å². The molecular formula is C13H17N5S. The highest BCUT2D eigenvalue weighted by Crippen LogP contribution is 2.17. The third-order valence-corrected chi connectivity index (χ3v) is 3.04. The fourth-order valence-electron chi connectivity index (χ4n) is 1.97. The normalized spacial score (nSPS) is 12.1. The maximum Gasteiger partial charge on any atom is 0.136 e. The number of nitrogens with two attached hydrogens (primary N) is 1. The van der Waals surface area contributed by atoms with Gasteiger partial charge in [0.25, 0.3) is 0 Å². The molecule has 2 rings (SSSR count). The Morgan fingerprint density at radius 3 is 2.95 bits per heavy atom. The van der Waals surface area contributed by atoms with Crippen molar-refractivity contribution in [3.8, 4) is 0 Å². The van der Waals surface area contributed by atoms with Gasteiger partial charge < -0.3 is 15.6 Å². The second-order valence-corrected chi connectivity index (χ2v) is 4.96. The quantitative estimate of drug-likeness (QED) is 0.813. The number of aromatic nitrogens is 3. The predicted molar refractivity (Wildman–Crippen MR) is 80.2 cm³/mol. The zero-order valence-corrected chi connectivity index (χ0v) is 11.8. The maximum absolute atomic E-state index is 5.76. The highest BCUT2D eigenvalue weighted by Gasteiger charge is 2.12. The summed E-state index contributed by atoms with van der Waals surface area (Å²) in [7, 11) is 0. The molecule has 0 aliphatic heterocycles. The zero-order chi connectivity index (χ0) is 13.8. The van der Waals surface area contributed by atoms with Crippen molar-refractivity contribution < 1.29 is 0 Å². The second kappa shape index (κ2) is 5.79. The van der Waals surface area contributed by atoms with Crippen molar-refractivity contribution in [1.29, 1.82) is 0 Å². The summed E-state index contributed by atoms with van der Waals surface area (Å²) in [6.45, 7) is 4.85. The molecule has 0 saturated carbocycles. The minimum Gasteiger partial charge on any atom is -0.389 e. The Hall–Kier alpha value is -1.95. The van der Waals surface area contributed by atoms with Crippen LogP contribution >= 0.6 is 12.2 Å². The van der Waals surface area contributed by atoms with Gasteiger partial charge in [0.05, 0.1) is 11.9 Å². The lowest BCUT2D eigenvalue weighted by atomic mass is 10.1. The van der Waals surface area contributed by atoms with E-state index in [0.29, 0.717) is 4.99 Å². The molecule has 0 radical (unpaired) electrons. The van der Waals surface area contributed by atoms with Crippen LogP contribution in [0.5, 0.6) is 0 Å². The van der Waals surface area contributed by atoms with Gasteiger partial charge in [0.2, 0.25) is 0 Å². The van der Waals surface area contributed by atoms with Gasteiger partial charge in [0, 0.05) is 31.2 Å². The Kier molecular flexibility index (Phi) is 4.11. The van der Waals surface area contributed by atoms with E-state index in [1.807, 2.05) is 23.8 Å². The van der Waals surface area contributed by atoms with Gasteiger partial charge in [0.1, 0.15) is 10.8 Å². The Balaban J connectivity index is 2.14. The topological polar surface area (TPSA) is 68.8 Å². The predicted octanol–water partition coefficient (Wildman–Crippen LogP) is 1.72. The number of nitrogens with zero attached hydrogens (tertiary/aromatic N) is 3. The van der Waals surface area contributed by atoms with Crippen LogP contribution < -0.4 is 11.1 Å². The lowest BCUT2D eigenvalue weighted by Crippen LogP contribution is -2.25. The summed E-state index contributed by atoms with van der Waals surface area (Å²) in [4.78, 5) is 8.71. The van der Waals surface area contributed by atoms with Crippen molar-refractivity contribution in [2.24, 2.45) is 5.73 Å². The number of rotatable bonds is 5. The number of aryl methyl sites for hydroxylation is 1. The molecule has 0 spiro atoms. The van der Waals surface area contributed by atoms with Crippen LogP contribution in [0.3, 0.4) is 0 Å². The summed E-state index contributed by atoms with van der Waals surface area (Å²) in [5.41, 5.74) is 7.61. The molecule has 2 aromatic heterocycles. The average molecular weight is 275 g/mol. The molecule has 5 nitrogen and oxygen atoms in total. The molecule has 0 bridgehead atoms. The minimum atomic E-state index is 0.191. The molecule has 2 aromatic rings. The number of thiocarbonyl (C=S) groups is 1. The molecule has 0 aromatic carbocycles. The summed E-state index contributed by atoms with van der Waals surface area (Å²) in [5.74, 6) is 0.736. The van der Waals surface area contributed by atoms with Gasteiger partial charge in [-0.05, 0) is 25.5 Å². The number of pyridine rings is 1. The second-order valence-electron chi connectivity index (χ2n) is 4.52. The van der Waals surface area contributed by atoms with Crippen molar-refractivity contribution in [3.63, 3.8) is 0 Å². The van der Waals surface area contributed by atoms with Crippen molar-refractivity contribution in [2.75, 3.05) is 5.32 Å². The van der Waals surface area contributed by atoms with Crippen LogP contribution in [0.1, 0.15) is 18.1 Å². The van der Waals surface area contributed by atoms with Gasteiger partial charge in [-0.1, -0.05) is 12.2 Å². The molecule has 0 saturated heterocycles. The molecule has 0 aliphatic rings. The Labute approximate surface area is 117 Å². The maximum atomic E-state index is 5.76. The van der Waals surface area contributed by atoms with E-state index in [0.717, 1.165) is 23.5 Å². The van der Waals surface area contributed by atoms with Crippen LogP contribution in [0.4, 0.5) is 5.82 Å². The van der Waals surface area contributed by atoms with E-state index in [1.165, 1.54) is 0 Å². The Morgan fingerprint density at radius 1 is 1.53 bits per heavy atom. The molecule has 0 amide bonds. The van der Waals surface area contributed by atoms with Crippen LogP contribution in [0.2, 0.25) is 0 Å². The molecule has 0 fully saturated rings. The smallest absolute Gasteiger partial charge is 0.136 e. The van der Waals surface area contributed by atoms with Crippen molar-refractivity contribution >= 4 is 23.0 Å². The monoisotopic (exact) mass is 275 g/mol. The summed E-state index contributed by atoms with van der Waals surface area (Å²) in [6.07, 6.45) is 7.23. The highest BCUT2D eigenvalue weighted by molar-refractivity contribution is 7.80. The first-order valence-corrected chi connectivity index (χ1v) is 6.46.